The number of nitrogens with zero attached hydrogens (tertiary/aromatic N) is 1. The van der Waals surface area contributed by atoms with Crippen molar-refractivity contribution < 1.29 is 27.4 Å². The van der Waals surface area contributed by atoms with Gasteiger partial charge in [-0.15, -0.1) is 0 Å². The predicted molar refractivity (Wildman–Crippen MR) is 118 cm³/mol. The molecule has 3 aromatic rings. The van der Waals surface area contributed by atoms with Crippen molar-refractivity contribution in [3.8, 4) is 17.2 Å². The highest BCUT2D eigenvalue weighted by molar-refractivity contribution is 7.93. The van der Waals surface area contributed by atoms with E-state index in [1.54, 1.807) is 18.2 Å². The van der Waals surface area contributed by atoms with Crippen molar-refractivity contribution in [1.82, 2.24) is 0 Å². The minimum absolute atomic E-state index is 0.0456. The number of ether oxygens (including phenoxy) is 3. The summed E-state index contributed by atoms with van der Waals surface area (Å²) in [6.45, 7) is 0. The van der Waals surface area contributed by atoms with E-state index in [-0.39, 0.29) is 26.9 Å². The van der Waals surface area contributed by atoms with Crippen molar-refractivity contribution in [2.75, 3.05) is 25.6 Å². The molecule has 1 amide bonds. The van der Waals surface area contributed by atoms with Crippen LogP contribution in [-0.2, 0) is 10.0 Å². The zero-order valence-electron chi connectivity index (χ0n) is 17.0. The molecule has 0 atom stereocenters. The summed E-state index contributed by atoms with van der Waals surface area (Å²) in [6, 6.07) is 16.4. The summed E-state index contributed by atoms with van der Waals surface area (Å²) in [5.74, 6) is 0.259. The van der Waals surface area contributed by atoms with Crippen LogP contribution < -0.4 is 18.5 Å². The van der Waals surface area contributed by atoms with E-state index in [1.165, 1.54) is 69.9 Å². The normalized spacial score (nSPS) is 11.0. The number of hydrogen-bond donors (Lipinski definition) is 0. The summed E-state index contributed by atoms with van der Waals surface area (Å²) in [5, 5.41) is 0.161. The zero-order valence-corrected chi connectivity index (χ0v) is 18.6. The molecule has 0 saturated heterocycles. The Balaban J connectivity index is 2.19. The second kappa shape index (κ2) is 9.28. The number of carbonyl (C=O) groups excluding carboxylic acids is 1. The van der Waals surface area contributed by atoms with Crippen LogP contribution in [0, 0.1) is 0 Å². The molecule has 0 N–H and O–H groups in total. The summed E-state index contributed by atoms with van der Waals surface area (Å²) in [7, 11) is 0.0654. The van der Waals surface area contributed by atoms with E-state index >= 15 is 0 Å². The van der Waals surface area contributed by atoms with Gasteiger partial charge in [-0.05, 0) is 48.5 Å². The lowest BCUT2D eigenvalue weighted by Gasteiger charge is -2.23. The maximum absolute atomic E-state index is 13.5. The number of amides is 1. The van der Waals surface area contributed by atoms with E-state index in [1.807, 2.05) is 0 Å². The highest BCUT2D eigenvalue weighted by Gasteiger charge is 2.32. The quantitative estimate of drug-likeness (QED) is 0.518. The summed E-state index contributed by atoms with van der Waals surface area (Å²) < 4.78 is 43.2. The molecule has 0 aliphatic rings. The number of anilines is 1. The first-order chi connectivity index (χ1) is 14.8. The molecule has 31 heavy (non-hydrogen) atoms. The van der Waals surface area contributed by atoms with Crippen LogP contribution in [-0.4, -0.2) is 35.7 Å². The molecule has 0 unspecified atom stereocenters. The topological polar surface area (TPSA) is 82.1 Å². The number of rotatable bonds is 7. The predicted octanol–water partition coefficient (Wildman–Crippen LogP) is 4.40. The van der Waals surface area contributed by atoms with Crippen LogP contribution >= 0.6 is 11.6 Å². The number of sulfonamides is 1. The number of carbonyl (C=O) groups is 1. The molecule has 0 radical (unpaired) electrons. The standard InChI is InChI=1S/C22H20ClNO6S/c1-28-19-12-10-16(14-18(19)23)24(31(26,27)17-7-5-4-6-8-17)22(25)15-9-11-20(29-2)21(13-15)30-3/h4-14H,1-3H3. The molecule has 0 fully saturated rings. The van der Waals surface area contributed by atoms with E-state index < -0.39 is 15.9 Å². The van der Waals surface area contributed by atoms with Gasteiger partial charge in [0.1, 0.15) is 5.75 Å². The number of methoxy groups -OCH3 is 3. The molecule has 0 aromatic heterocycles. The Morgan fingerprint density at radius 3 is 2.00 bits per heavy atom. The van der Waals surface area contributed by atoms with Crippen LogP contribution in [0.25, 0.3) is 0 Å². The third-order valence-corrected chi connectivity index (χ3v) is 6.49. The van der Waals surface area contributed by atoms with Crippen LogP contribution in [0.2, 0.25) is 5.02 Å². The fourth-order valence-electron chi connectivity index (χ4n) is 2.93. The smallest absolute Gasteiger partial charge is 0.272 e. The van der Waals surface area contributed by atoms with Gasteiger partial charge in [-0.25, -0.2) is 8.42 Å². The molecule has 0 bridgehead atoms. The minimum Gasteiger partial charge on any atom is -0.495 e. The molecule has 3 rings (SSSR count). The second-order valence-electron chi connectivity index (χ2n) is 6.28. The van der Waals surface area contributed by atoms with Crippen LogP contribution in [0.1, 0.15) is 10.4 Å². The van der Waals surface area contributed by atoms with Gasteiger partial charge in [0.2, 0.25) is 0 Å². The lowest BCUT2D eigenvalue weighted by Crippen LogP contribution is -2.37. The largest absolute Gasteiger partial charge is 0.495 e. The Bertz CT molecular complexity index is 1200. The van der Waals surface area contributed by atoms with Gasteiger partial charge in [0.25, 0.3) is 15.9 Å². The van der Waals surface area contributed by atoms with Gasteiger partial charge < -0.3 is 14.2 Å². The van der Waals surface area contributed by atoms with E-state index in [9.17, 15) is 13.2 Å². The molecular weight excluding hydrogens is 442 g/mol. The SMILES string of the molecule is COc1ccc(N(C(=O)c2ccc(OC)c(OC)c2)S(=O)(=O)c2ccccc2)cc1Cl. The summed E-state index contributed by atoms with van der Waals surface area (Å²) in [4.78, 5) is 13.4. The monoisotopic (exact) mass is 461 g/mol. The summed E-state index contributed by atoms with van der Waals surface area (Å²) in [5.41, 5.74) is 0.151. The fraction of sp³-hybridized carbons (Fsp3) is 0.136. The first-order valence-corrected chi connectivity index (χ1v) is 10.9. The average molecular weight is 462 g/mol. The molecule has 9 heteroatoms. The van der Waals surface area contributed by atoms with E-state index in [0.717, 1.165) is 0 Å². The van der Waals surface area contributed by atoms with Crippen LogP contribution in [0.5, 0.6) is 17.2 Å². The molecule has 0 saturated carbocycles. The van der Waals surface area contributed by atoms with E-state index in [2.05, 4.69) is 0 Å². The minimum atomic E-state index is -4.26. The number of benzene rings is 3. The maximum atomic E-state index is 13.5. The van der Waals surface area contributed by atoms with E-state index in [0.29, 0.717) is 15.8 Å². The van der Waals surface area contributed by atoms with Gasteiger partial charge in [-0.2, -0.15) is 4.31 Å². The lowest BCUT2D eigenvalue weighted by molar-refractivity contribution is 0.100. The van der Waals surface area contributed by atoms with Gasteiger partial charge in [0.05, 0.1) is 36.9 Å². The highest BCUT2D eigenvalue weighted by atomic mass is 35.5. The van der Waals surface area contributed by atoms with Crippen LogP contribution in [0.3, 0.4) is 0 Å². The Hall–Kier alpha value is -3.23. The second-order valence-corrected chi connectivity index (χ2v) is 8.47. The summed E-state index contributed by atoms with van der Waals surface area (Å²) >= 11 is 6.21. The van der Waals surface area contributed by atoms with Crippen LogP contribution in [0.15, 0.2) is 71.6 Å². The molecule has 3 aromatic carbocycles. The number of hydrogen-bond acceptors (Lipinski definition) is 6. The Labute approximate surface area is 185 Å². The van der Waals surface area contributed by atoms with Gasteiger partial charge in [-0.1, -0.05) is 29.8 Å². The first kappa shape index (κ1) is 22.5. The molecule has 0 spiro atoms. The maximum Gasteiger partial charge on any atom is 0.272 e. The van der Waals surface area contributed by atoms with Gasteiger partial charge in [0, 0.05) is 5.56 Å². The number of halogens is 1. The molecule has 162 valence electrons. The third kappa shape index (κ3) is 4.45. The third-order valence-electron chi connectivity index (χ3n) is 4.47. The fourth-order valence-corrected chi connectivity index (χ4v) is 4.61. The van der Waals surface area contributed by atoms with Crippen molar-refractivity contribution in [2.45, 2.75) is 4.90 Å². The lowest BCUT2D eigenvalue weighted by atomic mass is 10.1. The molecule has 7 nitrogen and oxygen atoms in total. The van der Waals surface area contributed by atoms with Gasteiger partial charge >= 0.3 is 0 Å². The van der Waals surface area contributed by atoms with Crippen LogP contribution in [0.4, 0.5) is 5.69 Å². The van der Waals surface area contributed by atoms with Gasteiger partial charge in [0.15, 0.2) is 11.5 Å². The first-order valence-electron chi connectivity index (χ1n) is 9.03. The Morgan fingerprint density at radius 2 is 1.42 bits per heavy atom. The van der Waals surface area contributed by atoms with Crippen molar-refractivity contribution >= 4 is 33.2 Å². The molecule has 0 heterocycles. The Kier molecular flexibility index (Phi) is 6.72. The zero-order chi connectivity index (χ0) is 22.6. The summed E-state index contributed by atoms with van der Waals surface area (Å²) in [6.07, 6.45) is 0. The van der Waals surface area contributed by atoms with Crippen molar-refractivity contribution in [2.24, 2.45) is 0 Å². The molecular formula is C22H20ClNO6S. The molecule has 0 aliphatic heterocycles. The highest BCUT2D eigenvalue weighted by Crippen LogP contribution is 2.34. The average Bonchev–Trinajstić information content (AvgIpc) is 2.79. The van der Waals surface area contributed by atoms with Gasteiger partial charge in [-0.3, -0.25) is 4.79 Å². The van der Waals surface area contributed by atoms with E-state index in [4.69, 9.17) is 25.8 Å². The van der Waals surface area contributed by atoms with Crippen molar-refractivity contribution in [3.63, 3.8) is 0 Å². The Morgan fingerprint density at radius 1 is 0.806 bits per heavy atom. The molecule has 0 aliphatic carbocycles. The van der Waals surface area contributed by atoms with Crippen molar-refractivity contribution in [3.05, 3.63) is 77.3 Å². The van der Waals surface area contributed by atoms with Crippen molar-refractivity contribution in [1.29, 1.82) is 0 Å².